The summed E-state index contributed by atoms with van der Waals surface area (Å²) in [5.41, 5.74) is 7.72. The molecule has 0 unspecified atom stereocenters. The summed E-state index contributed by atoms with van der Waals surface area (Å²) >= 11 is 0. The van der Waals surface area contributed by atoms with E-state index in [9.17, 15) is 4.79 Å². The first-order valence-electron chi connectivity index (χ1n) is 6.31. The van der Waals surface area contributed by atoms with E-state index in [4.69, 9.17) is 10.5 Å². The number of aryl methyl sites for hydroxylation is 1. The van der Waals surface area contributed by atoms with Crippen LogP contribution in [0.4, 0.5) is 5.69 Å². The number of nitrogens with zero attached hydrogens (tertiary/aromatic N) is 2. The molecular formula is C14H18N4O2. The van der Waals surface area contributed by atoms with E-state index in [1.165, 1.54) is 7.11 Å². The van der Waals surface area contributed by atoms with Crippen LogP contribution < -0.4 is 15.8 Å². The molecule has 0 aliphatic carbocycles. The molecule has 0 bridgehead atoms. The molecule has 1 amide bonds. The fourth-order valence-corrected chi connectivity index (χ4v) is 1.97. The molecule has 0 saturated carbocycles. The summed E-state index contributed by atoms with van der Waals surface area (Å²) < 4.78 is 6.88. The molecule has 2 rings (SSSR count). The number of hydrogen-bond acceptors (Lipinski definition) is 4. The van der Waals surface area contributed by atoms with E-state index in [0.717, 1.165) is 5.69 Å². The molecule has 1 aromatic heterocycles. The fourth-order valence-electron chi connectivity index (χ4n) is 1.97. The second-order valence-electron chi connectivity index (χ2n) is 4.37. The van der Waals surface area contributed by atoms with Gasteiger partial charge in [0.1, 0.15) is 5.75 Å². The van der Waals surface area contributed by atoms with Gasteiger partial charge < -0.3 is 15.8 Å². The third kappa shape index (κ3) is 2.90. The maximum Gasteiger partial charge on any atom is 0.253 e. The smallest absolute Gasteiger partial charge is 0.253 e. The zero-order chi connectivity index (χ0) is 14.5. The summed E-state index contributed by atoms with van der Waals surface area (Å²) in [4.78, 5) is 12.1. The first-order valence-corrected chi connectivity index (χ1v) is 6.31. The number of nitrogen functional groups attached to an aromatic ring is 1. The Bertz CT molecular complexity index is 607. The van der Waals surface area contributed by atoms with Crippen molar-refractivity contribution in [2.24, 2.45) is 7.05 Å². The Morgan fingerprint density at radius 3 is 2.90 bits per heavy atom. The Hall–Kier alpha value is -2.50. The number of amides is 1. The van der Waals surface area contributed by atoms with Crippen LogP contribution in [0.2, 0.25) is 0 Å². The van der Waals surface area contributed by atoms with Crippen molar-refractivity contribution in [1.82, 2.24) is 15.1 Å². The van der Waals surface area contributed by atoms with Crippen LogP contribution in [-0.4, -0.2) is 29.3 Å². The Kier molecular flexibility index (Phi) is 4.24. The number of anilines is 1. The summed E-state index contributed by atoms with van der Waals surface area (Å²) in [7, 11) is 3.40. The molecular weight excluding hydrogens is 256 g/mol. The lowest BCUT2D eigenvalue weighted by Crippen LogP contribution is -2.27. The van der Waals surface area contributed by atoms with Crippen LogP contribution in [0.1, 0.15) is 16.1 Å². The molecule has 0 atom stereocenters. The van der Waals surface area contributed by atoms with E-state index in [-0.39, 0.29) is 5.91 Å². The van der Waals surface area contributed by atoms with Crippen molar-refractivity contribution in [3.8, 4) is 5.75 Å². The Labute approximate surface area is 117 Å². The average Bonchev–Trinajstić information content (AvgIpc) is 2.84. The van der Waals surface area contributed by atoms with Crippen molar-refractivity contribution in [3.05, 3.63) is 41.7 Å². The van der Waals surface area contributed by atoms with Crippen LogP contribution in [0, 0.1) is 0 Å². The van der Waals surface area contributed by atoms with E-state index < -0.39 is 0 Å². The first kappa shape index (κ1) is 13.9. The van der Waals surface area contributed by atoms with Crippen LogP contribution in [0.3, 0.4) is 0 Å². The van der Waals surface area contributed by atoms with Gasteiger partial charge in [-0.2, -0.15) is 5.10 Å². The van der Waals surface area contributed by atoms with Gasteiger partial charge in [0, 0.05) is 31.9 Å². The summed E-state index contributed by atoms with van der Waals surface area (Å²) in [5, 5.41) is 6.92. The molecule has 0 aliphatic rings. The molecule has 0 fully saturated rings. The van der Waals surface area contributed by atoms with Crippen LogP contribution in [0.15, 0.2) is 30.5 Å². The van der Waals surface area contributed by atoms with Crippen molar-refractivity contribution in [3.63, 3.8) is 0 Å². The lowest BCUT2D eigenvalue weighted by Gasteiger charge is -2.10. The lowest BCUT2D eigenvalue weighted by molar-refractivity contribution is 0.0954. The molecule has 6 heteroatoms. The summed E-state index contributed by atoms with van der Waals surface area (Å²) in [6.45, 7) is 0.523. The SMILES string of the molecule is COc1cccc(C(=O)NCCc2ccnn2C)c1N. The Balaban J connectivity index is 1.97. The van der Waals surface area contributed by atoms with Crippen LogP contribution >= 0.6 is 0 Å². The number of methoxy groups -OCH3 is 1. The largest absolute Gasteiger partial charge is 0.495 e. The third-order valence-corrected chi connectivity index (χ3v) is 3.12. The van der Waals surface area contributed by atoms with Crippen molar-refractivity contribution in [2.75, 3.05) is 19.4 Å². The summed E-state index contributed by atoms with van der Waals surface area (Å²) in [6, 6.07) is 7.07. The minimum Gasteiger partial charge on any atom is -0.495 e. The van der Waals surface area contributed by atoms with Gasteiger partial charge in [0.15, 0.2) is 0 Å². The van der Waals surface area contributed by atoms with Gasteiger partial charge in [-0.25, -0.2) is 0 Å². The molecule has 0 saturated heterocycles. The first-order chi connectivity index (χ1) is 9.63. The molecule has 106 valence electrons. The predicted octanol–water partition coefficient (Wildman–Crippen LogP) is 0.983. The van der Waals surface area contributed by atoms with Crippen LogP contribution in [0.5, 0.6) is 5.75 Å². The van der Waals surface area contributed by atoms with E-state index in [0.29, 0.717) is 30.0 Å². The van der Waals surface area contributed by atoms with Gasteiger partial charge in [0.05, 0.1) is 18.4 Å². The molecule has 2 aromatic rings. The number of nitrogens with two attached hydrogens (primary N) is 1. The quantitative estimate of drug-likeness (QED) is 0.796. The second kappa shape index (κ2) is 6.10. The highest BCUT2D eigenvalue weighted by atomic mass is 16.5. The van der Waals surface area contributed by atoms with Crippen molar-refractivity contribution in [1.29, 1.82) is 0 Å². The molecule has 1 heterocycles. The minimum absolute atomic E-state index is 0.205. The molecule has 1 aromatic carbocycles. The fraction of sp³-hybridized carbons (Fsp3) is 0.286. The maximum absolute atomic E-state index is 12.1. The normalized spacial score (nSPS) is 10.3. The number of carbonyl (C=O) groups is 1. The number of nitrogens with one attached hydrogen (secondary N) is 1. The van der Waals surface area contributed by atoms with E-state index in [1.807, 2.05) is 13.1 Å². The van der Waals surface area contributed by atoms with E-state index in [2.05, 4.69) is 10.4 Å². The van der Waals surface area contributed by atoms with Crippen LogP contribution in [0.25, 0.3) is 0 Å². The highest BCUT2D eigenvalue weighted by Gasteiger charge is 2.12. The van der Waals surface area contributed by atoms with Crippen molar-refractivity contribution >= 4 is 11.6 Å². The number of carbonyl (C=O) groups excluding carboxylic acids is 1. The zero-order valence-corrected chi connectivity index (χ0v) is 11.6. The van der Waals surface area contributed by atoms with Gasteiger partial charge in [-0.3, -0.25) is 9.48 Å². The predicted molar refractivity (Wildman–Crippen MR) is 76.7 cm³/mol. The summed E-state index contributed by atoms with van der Waals surface area (Å²) in [6.07, 6.45) is 2.45. The third-order valence-electron chi connectivity index (χ3n) is 3.12. The van der Waals surface area contributed by atoms with Gasteiger partial charge in [-0.05, 0) is 18.2 Å². The average molecular weight is 274 g/mol. The van der Waals surface area contributed by atoms with Crippen LogP contribution in [-0.2, 0) is 13.5 Å². The van der Waals surface area contributed by atoms with Gasteiger partial charge in [-0.15, -0.1) is 0 Å². The molecule has 0 radical (unpaired) electrons. The number of hydrogen-bond donors (Lipinski definition) is 2. The Morgan fingerprint density at radius 1 is 1.45 bits per heavy atom. The number of aromatic nitrogens is 2. The number of rotatable bonds is 5. The lowest BCUT2D eigenvalue weighted by atomic mass is 10.1. The molecule has 0 aliphatic heterocycles. The minimum atomic E-state index is -0.205. The number of ether oxygens (including phenoxy) is 1. The molecule has 20 heavy (non-hydrogen) atoms. The van der Waals surface area contributed by atoms with E-state index in [1.54, 1.807) is 29.1 Å². The van der Waals surface area contributed by atoms with Gasteiger partial charge >= 0.3 is 0 Å². The maximum atomic E-state index is 12.1. The second-order valence-corrected chi connectivity index (χ2v) is 4.37. The standard InChI is InChI=1S/C14H18N4O2/c1-18-10(7-9-17-18)6-8-16-14(19)11-4-3-5-12(20-2)13(11)15/h3-5,7,9H,6,8,15H2,1-2H3,(H,16,19). The highest BCUT2D eigenvalue weighted by molar-refractivity contribution is 6.00. The van der Waals surface area contributed by atoms with Crippen molar-refractivity contribution in [2.45, 2.75) is 6.42 Å². The zero-order valence-electron chi connectivity index (χ0n) is 11.6. The monoisotopic (exact) mass is 274 g/mol. The summed E-state index contributed by atoms with van der Waals surface area (Å²) in [5.74, 6) is 0.299. The van der Waals surface area contributed by atoms with Gasteiger partial charge in [0.2, 0.25) is 0 Å². The Morgan fingerprint density at radius 2 is 2.25 bits per heavy atom. The molecule has 6 nitrogen and oxygen atoms in total. The number of benzene rings is 1. The van der Waals surface area contributed by atoms with Gasteiger partial charge in [-0.1, -0.05) is 6.07 Å². The van der Waals surface area contributed by atoms with E-state index >= 15 is 0 Å². The highest BCUT2D eigenvalue weighted by Crippen LogP contribution is 2.24. The topological polar surface area (TPSA) is 82.2 Å². The van der Waals surface area contributed by atoms with Gasteiger partial charge in [0.25, 0.3) is 5.91 Å². The number of para-hydroxylation sites is 1. The molecule has 3 N–H and O–H groups in total. The van der Waals surface area contributed by atoms with Crippen molar-refractivity contribution < 1.29 is 9.53 Å². The molecule has 0 spiro atoms.